The van der Waals surface area contributed by atoms with Gasteiger partial charge in [0.25, 0.3) is 0 Å². The predicted molar refractivity (Wildman–Crippen MR) is 74.0 cm³/mol. The topological polar surface area (TPSA) is 71.5 Å². The van der Waals surface area contributed by atoms with Crippen molar-refractivity contribution in [1.29, 1.82) is 0 Å². The smallest absolute Gasteiger partial charge is 0.180 e. The Kier molecular flexibility index (Phi) is 2.38. The molecular formula is C13H18N6. The maximum atomic E-state index is 5.85. The molecule has 2 bridgehead atoms. The highest BCUT2D eigenvalue weighted by Gasteiger charge is 2.34. The van der Waals surface area contributed by atoms with E-state index in [1.54, 1.807) is 12.4 Å². The fourth-order valence-corrected chi connectivity index (χ4v) is 3.35. The summed E-state index contributed by atoms with van der Waals surface area (Å²) in [5, 5.41) is 3.57. The normalized spacial score (nSPS) is 29.8. The Hall–Kier alpha value is -1.82. The largest absolute Gasteiger partial charge is 0.382 e. The van der Waals surface area contributed by atoms with E-state index in [0.29, 0.717) is 11.9 Å². The molecule has 3 fully saturated rings. The van der Waals surface area contributed by atoms with Crippen LogP contribution in [0.2, 0.25) is 0 Å². The number of nitrogen functional groups attached to an aromatic ring is 1. The van der Waals surface area contributed by atoms with Gasteiger partial charge in [0.15, 0.2) is 11.5 Å². The van der Waals surface area contributed by atoms with Crippen LogP contribution >= 0.6 is 0 Å². The second-order valence-electron chi connectivity index (χ2n) is 5.56. The molecule has 3 aliphatic rings. The lowest BCUT2D eigenvalue weighted by Crippen LogP contribution is -2.53. The zero-order chi connectivity index (χ0) is 12.8. The maximum Gasteiger partial charge on any atom is 0.180 e. The van der Waals surface area contributed by atoms with Crippen LogP contribution in [-0.4, -0.2) is 44.9 Å². The van der Waals surface area contributed by atoms with Crippen LogP contribution < -0.4 is 11.1 Å². The molecule has 5 rings (SSSR count). The Bertz CT molecular complexity index is 598. The van der Waals surface area contributed by atoms with Crippen molar-refractivity contribution in [2.45, 2.75) is 18.9 Å². The SMILES string of the molecule is Nc1cn2ccnc2c(NC2CN3CCC2CC3)n1. The summed E-state index contributed by atoms with van der Waals surface area (Å²) in [7, 11) is 0. The number of hydrogen-bond donors (Lipinski definition) is 2. The minimum atomic E-state index is 0.470. The lowest BCUT2D eigenvalue weighted by atomic mass is 9.84. The van der Waals surface area contributed by atoms with Gasteiger partial charge in [-0.1, -0.05) is 0 Å². The number of anilines is 2. The molecule has 0 spiro atoms. The molecule has 1 atom stereocenters. The number of hydrogen-bond acceptors (Lipinski definition) is 5. The first kappa shape index (κ1) is 11.0. The number of fused-ring (bicyclic) bond motifs is 4. The number of rotatable bonds is 2. The average molecular weight is 258 g/mol. The van der Waals surface area contributed by atoms with Crippen LogP contribution in [0.15, 0.2) is 18.6 Å². The van der Waals surface area contributed by atoms with Gasteiger partial charge in [-0.05, 0) is 31.8 Å². The molecule has 3 saturated heterocycles. The van der Waals surface area contributed by atoms with Crippen LogP contribution in [0.4, 0.5) is 11.6 Å². The second-order valence-corrected chi connectivity index (χ2v) is 5.56. The number of imidazole rings is 1. The molecule has 2 aromatic rings. The monoisotopic (exact) mass is 258 g/mol. The van der Waals surface area contributed by atoms with Gasteiger partial charge in [0.05, 0.1) is 6.20 Å². The van der Waals surface area contributed by atoms with Gasteiger partial charge in [-0.25, -0.2) is 9.97 Å². The third-order valence-electron chi connectivity index (χ3n) is 4.37. The van der Waals surface area contributed by atoms with Gasteiger partial charge in [0, 0.05) is 25.0 Å². The molecule has 100 valence electrons. The van der Waals surface area contributed by atoms with Gasteiger partial charge in [-0.3, -0.25) is 0 Å². The standard InChI is InChI=1S/C13H18N6/c14-11-8-19-6-3-15-13(19)12(17-11)16-10-7-18-4-1-9(10)2-5-18/h3,6,8-10H,1-2,4-5,7,14H2,(H,16,17). The molecule has 19 heavy (non-hydrogen) atoms. The lowest BCUT2D eigenvalue weighted by Gasteiger charge is -2.45. The van der Waals surface area contributed by atoms with Crippen molar-refractivity contribution in [3.05, 3.63) is 18.6 Å². The Labute approximate surface area is 111 Å². The number of aromatic nitrogens is 3. The first-order valence-corrected chi connectivity index (χ1v) is 6.88. The summed E-state index contributed by atoms with van der Waals surface area (Å²) in [4.78, 5) is 11.3. The number of piperidine rings is 3. The summed E-state index contributed by atoms with van der Waals surface area (Å²) in [5.41, 5.74) is 6.71. The van der Waals surface area contributed by atoms with E-state index in [-0.39, 0.29) is 0 Å². The number of nitrogens with one attached hydrogen (secondary N) is 1. The van der Waals surface area contributed by atoms with Gasteiger partial charge in [-0.2, -0.15) is 0 Å². The highest BCUT2D eigenvalue weighted by molar-refractivity contribution is 5.65. The van der Waals surface area contributed by atoms with Gasteiger partial charge < -0.3 is 20.4 Å². The minimum absolute atomic E-state index is 0.470. The average Bonchev–Trinajstić information content (AvgIpc) is 2.88. The fourth-order valence-electron chi connectivity index (χ4n) is 3.35. The van der Waals surface area contributed by atoms with Gasteiger partial charge >= 0.3 is 0 Å². The van der Waals surface area contributed by atoms with Crippen molar-refractivity contribution in [2.24, 2.45) is 5.92 Å². The molecule has 0 aliphatic carbocycles. The van der Waals surface area contributed by atoms with Crippen molar-refractivity contribution in [3.63, 3.8) is 0 Å². The Morgan fingerprint density at radius 1 is 1.32 bits per heavy atom. The van der Waals surface area contributed by atoms with Gasteiger partial charge in [0.2, 0.25) is 0 Å². The van der Waals surface area contributed by atoms with Gasteiger partial charge in [0.1, 0.15) is 5.82 Å². The van der Waals surface area contributed by atoms with Crippen LogP contribution in [0, 0.1) is 5.92 Å². The van der Waals surface area contributed by atoms with Gasteiger partial charge in [-0.15, -0.1) is 0 Å². The van der Waals surface area contributed by atoms with E-state index < -0.39 is 0 Å². The molecule has 0 radical (unpaired) electrons. The first-order chi connectivity index (χ1) is 9.29. The molecule has 0 aromatic carbocycles. The molecule has 0 amide bonds. The second kappa shape index (κ2) is 4.09. The van der Waals surface area contributed by atoms with E-state index in [9.17, 15) is 0 Å². The van der Waals surface area contributed by atoms with E-state index in [0.717, 1.165) is 23.9 Å². The molecule has 6 heteroatoms. The Morgan fingerprint density at radius 3 is 2.89 bits per heavy atom. The summed E-state index contributed by atoms with van der Waals surface area (Å²) in [5.74, 6) is 2.08. The van der Waals surface area contributed by atoms with Crippen LogP contribution in [0.25, 0.3) is 5.65 Å². The molecule has 1 unspecified atom stereocenters. The Balaban J connectivity index is 1.66. The molecular weight excluding hydrogens is 240 g/mol. The number of nitrogens with two attached hydrogens (primary N) is 1. The summed E-state index contributed by atoms with van der Waals surface area (Å²) in [6.07, 6.45) is 8.03. The molecule has 3 aliphatic heterocycles. The molecule has 0 saturated carbocycles. The highest BCUT2D eigenvalue weighted by Crippen LogP contribution is 2.30. The zero-order valence-electron chi connectivity index (χ0n) is 10.8. The lowest BCUT2D eigenvalue weighted by molar-refractivity contribution is 0.0974. The summed E-state index contributed by atoms with van der Waals surface area (Å²) in [6.45, 7) is 3.59. The molecule has 5 heterocycles. The Morgan fingerprint density at radius 2 is 2.16 bits per heavy atom. The van der Waals surface area contributed by atoms with Crippen molar-refractivity contribution in [2.75, 3.05) is 30.7 Å². The third-order valence-corrected chi connectivity index (χ3v) is 4.37. The van der Waals surface area contributed by atoms with Crippen LogP contribution in [0.3, 0.4) is 0 Å². The zero-order valence-corrected chi connectivity index (χ0v) is 10.8. The third kappa shape index (κ3) is 1.83. The number of nitrogens with zero attached hydrogens (tertiary/aromatic N) is 4. The quantitative estimate of drug-likeness (QED) is 0.834. The summed E-state index contributed by atoms with van der Waals surface area (Å²) >= 11 is 0. The van der Waals surface area contributed by atoms with Crippen molar-refractivity contribution in [1.82, 2.24) is 19.3 Å². The van der Waals surface area contributed by atoms with Crippen LogP contribution in [0.1, 0.15) is 12.8 Å². The molecule has 2 aromatic heterocycles. The summed E-state index contributed by atoms with van der Waals surface area (Å²) in [6, 6.07) is 0.470. The van der Waals surface area contributed by atoms with Crippen LogP contribution in [-0.2, 0) is 0 Å². The predicted octanol–water partition coefficient (Wildman–Crippen LogP) is 0.818. The van der Waals surface area contributed by atoms with E-state index in [4.69, 9.17) is 5.73 Å². The van der Waals surface area contributed by atoms with E-state index in [1.165, 1.54) is 25.9 Å². The van der Waals surface area contributed by atoms with E-state index in [2.05, 4.69) is 20.2 Å². The van der Waals surface area contributed by atoms with E-state index in [1.807, 2.05) is 10.6 Å². The summed E-state index contributed by atoms with van der Waals surface area (Å²) < 4.78 is 1.92. The molecule has 6 nitrogen and oxygen atoms in total. The van der Waals surface area contributed by atoms with Crippen LogP contribution in [0.5, 0.6) is 0 Å². The minimum Gasteiger partial charge on any atom is -0.382 e. The fraction of sp³-hybridized carbons (Fsp3) is 0.538. The van der Waals surface area contributed by atoms with Crippen molar-refractivity contribution >= 4 is 17.3 Å². The highest BCUT2D eigenvalue weighted by atomic mass is 15.2. The maximum absolute atomic E-state index is 5.85. The van der Waals surface area contributed by atoms with E-state index >= 15 is 0 Å². The first-order valence-electron chi connectivity index (χ1n) is 6.88. The van der Waals surface area contributed by atoms with Crippen molar-refractivity contribution < 1.29 is 0 Å². The van der Waals surface area contributed by atoms with Crippen molar-refractivity contribution in [3.8, 4) is 0 Å². The molecule has 3 N–H and O–H groups in total.